The summed E-state index contributed by atoms with van der Waals surface area (Å²) >= 11 is 0. The van der Waals surface area contributed by atoms with Crippen LogP contribution in [0.4, 0.5) is 5.69 Å². The minimum Gasteiger partial charge on any atom is -0.384 e. The molecule has 3 heteroatoms. The Bertz CT molecular complexity index is 462. The van der Waals surface area contributed by atoms with Crippen molar-refractivity contribution >= 4 is 5.69 Å². The maximum absolute atomic E-state index is 4.07. The zero-order chi connectivity index (χ0) is 10.8. The van der Waals surface area contributed by atoms with Crippen LogP contribution in [-0.2, 0) is 13.0 Å². The minimum absolute atomic E-state index is 0.657. The van der Waals surface area contributed by atoms with Crippen molar-refractivity contribution in [2.75, 3.05) is 11.9 Å². The second-order valence-corrected chi connectivity index (χ2v) is 4.37. The van der Waals surface area contributed by atoms with Gasteiger partial charge in [0.1, 0.15) is 0 Å². The van der Waals surface area contributed by atoms with E-state index in [-0.39, 0.29) is 0 Å². The van der Waals surface area contributed by atoms with Crippen molar-refractivity contribution in [1.29, 1.82) is 0 Å². The van der Waals surface area contributed by atoms with Crippen molar-refractivity contribution in [3.05, 3.63) is 48.5 Å². The third kappa shape index (κ3) is 1.81. The van der Waals surface area contributed by atoms with Gasteiger partial charge in [0.15, 0.2) is 0 Å². The second kappa shape index (κ2) is 4.00. The van der Waals surface area contributed by atoms with E-state index in [0.717, 1.165) is 19.5 Å². The number of nitrogens with zero attached hydrogens (tertiary/aromatic N) is 2. The lowest BCUT2D eigenvalue weighted by Gasteiger charge is -2.26. The smallest absolute Gasteiger partial charge is 0.0946 e. The van der Waals surface area contributed by atoms with E-state index in [0.29, 0.717) is 5.92 Å². The van der Waals surface area contributed by atoms with Crippen molar-refractivity contribution in [2.45, 2.75) is 13.0 Å². The number of hydrogen-bond donors (Lipinski definition) is 1. The van der Waals surface area contributed by atoms with Crippen LogP contribution in [0, 0.1) is 5.92 Å². The molecule has 0 fully saturated rings. The number of nitrogens with one attached hydrogen (secondary N) is 1. The highest BCUT2D eigenvalue weighted by Gasteiger charge is 2.17. The van der Waals surface area contributed by atoms with Gasteiger partial charge in [0.2, 0.25) is 0 Å². The van der Waals surface area contributed by atoms with Gasteiger partial charge in [-0.2, -0.15) is 0 Å². The van der Waals surface area contributed by atoms with E-state index in [4.69, 9.17) is 0 Å². The van der Waals surface area contributed by atoms with Crippen LogP contribution < -0.4 is 5.32 Å². The summed E-state index contributed by atoms with van der Waals surface area (Å²) in [6.07, 6.45) is 6.91. The number of anilines is 1. The third-order valence-electron chi connectivity index (χ3n) is 3.14. The Hall–Kier alpha value is -1.77. The molecule has 0 spiro atoms. The molecule has 1 aliphatic rings. The van der Waals surface area contributed by atoms with Gasteiger partial charge in [-0.15, -0.1) is 0 Å². The average molecular weight is 213 g/mol. The summed E-state index contributed by atoms with van der Waals surface area (Å²) < 4.78 is 2.15. The number of para-hydroxylation sites is 1. The molecule has 2 aromatic rings. The van der Waals surface area contributed by atoms with E-state index in [9.17, 15) is 0 Å². The van der Waals surface area contributed by atoms with E-state index in [1.54, 1.807) is 0 Å². The number of imidazole rings is 1. The molecule has 0 aliphatic carbocycles. The molecule has 1 aliphatic heterocycles. The van der Waals surface area contributed by atoms with Gasteiger partial charge < -0.3 is 9.88 Å². The van der Waals surface area contributed by atoms with Gasteiger partial charge in [0, 0.05) is 31.2 Å². The number of hydrogen-bond acceptors (Lipinski definition) is 2. The van der Waals surface area contributed by atoms with Crippen LogP contribution in [0.5, 0.6) is 0 Å². The number of aromatic nitrogens is 2. The van der Waals surface area contributed by atoms with Crippen LogP contribution in [0.25, 0.3) is 0 Å². The molecule has 0 bridgehead atoms. The molecule has 2 heterocycles. The van der Waals surface area contributed by atoms with E-state index in [2.05, 4.69) is 39.1 Å². The Balaban J connectivity index is 1.73. The first kappa shape index (κ1) is 9.46. The maximum Gasteiger partial charge on any atom is 0.0946 e. The SMILES string of the molecule is c1ccc2c(c1)C[C@H](Cn1ccnc1)CN2. The molecular formula is C13H15N3. The van der Waals surface area contributed by atoms with Gasteiger partial charge in [-0.05, 0) is 24.0 Å². The Kier molecular flexibility index (Phi) is 2.37. The zero-order valence-corrected chi connectivity index (χ0v) is 9.13. The molecule has 0 amide bonds. The molecule has 1 aromatic heterocycles. The normalized spacial score (nSPS) is 18.9. The predicted octanol–water partition coefficient (Wildman–Crippen LogP) is 2.17. The molecule has 3 nitrogen and oxygen atoms in total. The summed E-state index contributed by atoms with van der Waals surface area (Å²) in [5.74, 6) is 0.657. The zero-order valence-electron chi connectivity index (χ0n) is 9.13. The van der Waals surface area contributed by atoms with Crippen LogP contribution in [0.15, 0.2) is 43.0 Å². The first-order valence-electron chi connectivity index (χ1n) is 5.69. The number of rotatable bonds is 2. The van der Waals surface area contributed by atoms with Gasteiger partial charge in [-0.1, -0.05) is 18.2 Å². The fourth-order valence-corrected chi connectivity index (χ4v) is 2.33. The van der Waals surface area contributed by atoms with Crippen LogP contribution in [0.3, 0.4) is 0 Å². The average Bonchev–Trinajstić information content (AvgIpc) is 2.82. The molecule has 0 saturated heterocycles. The molecular weight excluding hydrogens is 198 g/mol. The Morgan fingerprint density at radius 3 is 3.19 bits per heavy atom. The topological polar surface area (TPSA) is 29.9 Å². The molecule has 0 radical (unpaired) electrons. The molecule has 0 saturated carbocycles. The second-order valence-electron chi connectivity index (χ2n) is 4.37. The monoisotopic (exact) mass is 213 g/mol. The fourth-order valence-electron chi connectivity index (χ4n) is 2.33. The summed E-state index contributed by atoms with van der Waals surface area (Å²) in [7, 11) is 0. The molecule has 82 valence electrons. The van der Waals surface area contributed by atoms with Gasteiger partial charge >= 0.3 is 0 Å². The first-order valence-corrected chi connectivity index (χ1v) is 5.69. The van der Waals surface area contributed by atoms with Crippen molar-refractivity contribution in [3.63, 3.8) is 0 Å². The number of benzene rings is 1. The van der Waals surface area contributed by atoms with E-state index >= 15 is 0 Å². The van der Waals surface area contributed by atoms with Crippen LogP contribution in [0.2, 0.25) is 0 Å². The van der Waals surface area contributed by atoms with Gasteiger partial charge in [-0.25, -0.2) is 4.98 Å². The standard InChI is InChI=1S/C13H15N3/c1-2-4-13-12(3-1)7-11(8-15-13)9-16-6-5-14-10-16/h1-6,10-11,15H,7-9H2/t11-/m0/s1. The van der Waals surface area contributed by atoms with Crippen LogP contribution >= 0.6 is 0 Å². The molecule has 1 aromatic carbocycles. The Morgan fingerprint density at radius 2 is 2.31 bits per heavy atom. The van der Waals surface area contributed by atoms with Crippen LogP contribution in [-0.4, -0.2) is 16.1 Å². The van der Waals surface area contributed by atoms with Gasteiger partial charge in [0.05, 0.1) is 6.33 Å². The van der Waals surface area contributed by atoms with E-state index in [1.807, 2.05) is 18.7 Å². The molecule has 1 atom stereocenters. The Morgan fingerprint density at radius 1 is 1.38 bits per heavy atom. The van der Waals surface area contributed by atoms with Crippen molar-refractivity contribution in [1.82, 2.24) is 9.55 Å². The highest BCUT2D eigenvalue weighted by Crippen LogP contribution is 2.24. The molecule has 3 rings (SSSR count). The predicted molar refractivity (Wildman–Crippen MR) is 64.4 cm³/mol. The van der Waals surface area contributed by atoms with Gasteiger partial charge in [0.25, 0.3) is 0 Å². The number of fused-ring (bicyclic) bond motifs is 1. The van der Waals surface area contributed by atoms with Crippen LogP contribution in [0.1, 0.15) is 5.56 Å². The van der Waals surface area contributed by atoms with Gasteiger partial charge in [-0.3, -0.25) is 0 Å². The van der Waals surface area contributed by atoms with E-state index in [1.165, 1.54) is 11.3 Å². The lowest BCUT2D eigenvalue weighted by molar-refractivity contribution is 0.452. The highest BCUT2D eigenvalue weighted by atomic mass is 15.0. The lowest BCUT2D eigenvalue weighted by Crippen LogP contribution is -2.26. The van der Waals surface area contributed by atoms with Crippen molar-refractivity contribution in [2.24, 2.45) is 5.92 Å². The van der Waals surface area contributed by atoms with E-state index < -0.39 is 0 Å². The largest absolute Gasteiger partial charge is 0.384 e. The molecule has 16 heavy (non-hydrogen) atoms. The highest BCUT2D eigenvalue weighted by molar-refractivity contribution is 5.53. The first-order chi connectivity index (χ1) is 7.92. The van der Waals surface area contributed by atoms with Crippen molar-refractivity contribution in [3.8, 4) is 0 Å². The third-order valence-corrected chi connectivity index (χ3v) is 3.14. The van der Waals surface area contributed by atoms with Crippen molar-refractivity contribution < 1.29 is 0 Å². The maximum atomic E-state index is 4.07. The fraction of sp³-hybridized carbons (Fsp3) is 0.308. The molecule has 0 unspecified atom stereocenters. The molecule has 1 N–H and O–H groups in total. The summed E-state index contributed by atoms with van der Waals surface area (Å²) in [5, 5.41) is 3.49. The summed E-state index contributed by atoms with van der Waals surface area (Å²) in [5.41, 5.74) is 2.73. The minimum atomic E-state index is 0.657. The quantitative estimate of drug-likeness (QED) is 0.828. The lowest BCUT2D eigenvalue weighted by atomic mass is 9.94. The summed E-state index contributed by atoms with van der Waals surface area (Å²) in [4.78, 5) is 4.07. The summed E-state index contributed by atoms with van der Waals surface area (Å²) in [6.45, 7) is 2.09. The summed E-state index contributed by atoms with van der Waals surface area (Å²) in [6, 6.07) is 8.56. The Labute approximate surface area is 95.1 Å².